The topological polar surface area (TPSA) is 20.3 Å². The summed E-state index contributed by atoms with van der Waals surface area (Å²) in [6.45, 7) is 4.20. The molecule has 1 saturated heterocycles. The van der Waals surface area contributed by atoms with E-state index in [1.165, 1.54) is 67.4 Å². The highest BCUT2D eigenvalue weighted by atomic mass is 16.1. The monoisotopic (exact) mass is 319 g/mol. The zero-order valence-electron chi connectivity index (χ0n) is 14.4. The summed E-state index contributed by atoms with van der Waals surface area (Å²) >= 11 is 0. The van der Waals surface area contributed by atoms with Gasteiger partial charge in [0, 0.05) is 11.6 Å². The van der Waals surface area contributed by atoms with E-state index in [0.29, 0.717) is 0 Å². The molecule has 0 radical (unpaired) electrons. The van der Waals surface area contributed by atoms with E-state index in [-0.39, 0.29) is 5.78 Å². The third kappa shape index (κ3) is 3.03. The number of fused-ring (bicyclic) bond motifs is 1. The van der Waals surface area contributed by atoms with Crippen LogP contribution in [0.2, 0.25) is 0 Å². The summed E-state index contributed by atoms with van der Waals surface area (Å²) in [5, 5.41) is 0. The van der Waals surface area contributed by atoms with Gasteiger partial charge in [0.2, 0.25) is 0 Å². The van der Waals surface area contributed by atoms with Crippen LogP contribution in [0, 0.1) is 0 Å². The molecule has 24 heavy (non-hydrogen) atoms. The zero-order chi connectivity index (χ0) is 16.5. The molecular formula is C22H25NO. The van der Waals surface area contributed by atoms with Crippen LogP contribution < -0.4 is 0 Å². The average Bonchev–Trinajstić information content (AvgIpc) is 3.15. The van der Waals surface area contributed by atoms with Crippen molar-refractivity contribution < 1.29 is 4.79 Å². The van der Waals surface area contributed by atoms with Crippen molar-refractivity contribution >= 4 is 5.78 Å². The van der Waals surface area contributed by atoms with Gasteiger partial charge in [-0.15, -0.1) is 0 Å². The fourth-order valence-electron chi connectivity index (χ4n) is 4.23. The molecule has 1 heterocycles. The van der Waals surface area contributed by atoms with Gasteiger partial charge in [0.05, 0.1) is 0 Å². The minimum atomic E-state index is 0.125. The van der Waals surface area contributed by atoms with Gasteiger partial charge in [0.15, 0.2) is 5.78 Å². The number of aryl methyl sites for hydroxylation is 1. The lowest BCUT2D eigenvalue weighted by molar-refractivity contribution is 0.101. The van der Waals surface area contributed by atoms with E-state index in [1.807, 2.05) is 12.1 Å². The standard InChI is InChI=1S/C22H25NO/c1-16(24)17-4-6-18(7-5-17)19-8-9-21-15-22(11-10-20(21)14-19)23-12-2-3-13-23/h4-9,14,22H,2-3,10-13,15H2,1H3. The van der Waals surface area contributed by atoms with E-state index in [4.69, 9.17) is 0 Å². The molecule has 1 aliphatic carbocycles. The number of ketones is 1. The largest absolute Gasteiger partial charge is 0.300 e. The van der Waals surface area contributed by atoms with E-state index in [9.17, 15) is 4.79 Å². The Labute approximate surface area is 144 Å². The summed E-state index contributed by atoms with van der Waals surface area (Å²) < 4.78 is 0. The van der Waals surface area contributed by atoms with Gasteiger partial charge >= 0.3 is 0 Å². The van der Waals surface area contributed by atoms with E-state index < -0.39 is 0 Å². The number of Topliss-reactive ketones (excluding diaryl/α,β-unsaturated/α-hetero) is 1. The van der Waals surface area contributed by atoms with Crippen molar-refractivity contribution in [3.8, 4) is 11.1 Å². The van der Waals surface area contributed by atoms with Gasteiger partial charge in [-0.25, -0.2) is 0 Å². The van der Waals surface area contributed by atoms with Gasteiger partial charge in [-0.2, -0.15) is 0 Å². The van der Waals surface area contributed by atoms with Gasteiger partial charge in [-0.3, -0.25) is 4.79 Å². The second-order valence-electron chi connectivity index (χ2n) is 7.26. The Morgan fingerprint density at radius 2 is 1.67 bits per heavy atom. The Hall–Kier alpha value is -1.93. The summed E-state index contributed by atoms with van der Waals surface area (Å²) in [4.78, 5) is 14.1. The van der Waals surface area contributed by atoms with Crippen molar-refractivity contribution in [1.29, 1.82) is 0 Å². The van der Waals surface area contributed by atoms with Crippen LogP contribution in [-0.2, 0) is 12.8 Å². The van der Waals surface area contributed by atoms with Crippen molar-refractivity contribution in [2.75, 3.05) is 13.1 Å². The number of nitrogens with zero attached hydrogens (tertiary/aromatic N) is 1. The van der Waals surface area contributed by atoms with Gasteiger partial charge in [0.1, 0.15) is 0 Å². The molecule has 4 rings (SSSR count). The van der Waals surface area contributed by atoms with Crippen LogP contribution in [0.15, 0.2) is 42.5 Å². The second-order valence-corrected chi connectivity index (χ2v) is 7.26. The lowest BCUT2D eigenvalue weighted by Gasteiger charge is -2.32. The predicted octanol–water partition coefficient (Wildman–Crippen LogP) is 4.51. The molecule has 2 aromatic rings. The molecule has 0 spiro atoms. The molecule has 1 fully saturated rings. The lowest BCUT2D eigenvalue weighted by Crippen LogP contribution is -2.37. The molecule has 1 unspecified atom stereocenters. The van der Waals surface area contributed by atoms with E-state index in [2.05, 4.69) is 35.2 Å². The average molecular weight is 319 g/mol. The third-order valence-corrected chi connectivity index (χ3v) is 5.69. The molecular weight excluding hydrogens is 294 g/mol. The maximum atomic E-state index is 11.4. The number of benzene rings is 2. The maximum Gasteiger partial charge on any atom is 0.159 e. The van der Waals surface area contributed by atoms with Crippen molar-refractivity contribution in [2.24, 2.45) is 0 Å². The fourth-order valence-corrected chi connectivity index (χ4v) is 4.23. The SMILES string of the molecule is CC(=O)c1ccc(-c2ccc3c(c2)CCC(N2CCCC2)C3)cc1. The van der Waals surface area contributed by atoms with Crippen LogP contribution in [0.1, 0.15) is 47.7 Å². The zero-order valence-corrected chi connectivity index (χ0v) is 14.4. The van der Waals surface area contributed by atoms with E-state index in [1.54, 1.807) is 6.92 Å². The van der Waals surface area contributed by atoms with Crippen LogP contribution in [0.25, 0.3) is 11.1 Å². The van der Waals surface area contributed by atoms with Gasteiger partial charge < -0.3 is 4.90 Å². The van der Waals surface area contributed by atoms with Gasteiger partial charge in [-0.05, 0) is 74.4 Å². The molecule has 124 valence electrons. The van der Waals surface area contributed by atoms with E-state index >= 15 is 0 Å². The molecule has 0 saturated carbocycles. The summed E-state index contributed by atoms with van der Waals surface area (Å²) in [5.74, 6) is 0.125. The molecule has 0 amide bonds. The molecule has 2 heteroatoms. The quantitative estimate of drug-likeness (QED) is 0.776. The van der Waals surface area contributed by atoms with Crippen LogP contribution in [0.4, 0.5) is 0 Å². The molecule has 0 aromatic heterocycles. The first-order valence-electron chi connectivity index (χ1n) is 9.18. The lowest BCUT2D eigenvalue weighted by atomic mass is 9.85. The first kappa shape index (κ1) is 15.6. The minimum Gasteiger partial charge on any atom is -0.300 e. The normalized spacial score (nSPS) is 20.8. The molecule has 0 N–H and O–H groups in total. The maximum absolute atomic E-state index is 11.4. The highest BCUT2D eigenvalue weighted by Gasteiger charge is 2.26. The molecule has 2 nitrogen and oxygen atoms in total. The molecule has 1 atom stereocenters. The Kier molecular flexibility index (Phi) is 4.24. The van der Waals surface area contributed by atoms with E-state index in [0.717, 1.165) is 11.6 Å². The summed E-state index contributed by atoms with van der Waals surface area (Å²) in [5.41, 5.74) is 6.29. The second kappa shape index (κ2) is 6.52. The molecule has 2 aromatic carbocycles. The smallest absolute Gasteiger partial charge is 0.159 e. The summed E-state index contributed by atoms with van der Waals surface area (Å²) in [6.07, 6.45) is 6.44. The molecule has 2 aliphatic rings. The number of hydrogen-bond donors (Lipinski definition) is 0. The Morgan fingerprint density at radius 1 is 0.958 bits per heavy atom. The van der Waals surface area contributed by atoms with Crippen molar-refractivity contribution in [3.05, 3.63) is 59.2 Å². The first-order chi connectivity index (χ1) is 11.7. The van der Waals surface area contributed by atoms with Crippen LogP contribution in [-0.4, -0.2) is 29.8 Å². The Bertz CT molecular complexity index is 741. The molecule has 1 aliphatic heterocycles. The van der Waals surface area contributed by atoms with Gasteiger partial charge in [-0.1, -0.05) is 42.5 Å². The van der Waals surface area contributed by atoms with Crippen LogP contribution in [0.5, 0.6) is 0 Å². The predicted molar refractivity (Wildman–Crippen MR) is 98.5 cm³/mol. The fraction of sp³-hybridized carbons (Fsp3) is 0.409. The third-order valence-electron chi connectivity index (χ3n) is 5.69. The van der Waals surface area contributed by atoms with Crippen molar-refractivity contribution in [3.63, 3.8) is 0 Å². The highest BCUT2D eigenvalue weighted by molar-refractivity contribution is 5.94. The number of rotatable bonds is 3. The number of carbonyl (C=O) groups is 1. The Balaban J connectivity index is 1.54. The van der Waals surface area contributed by atoms with Gasteiger partial charge in [0.25, 0.3) is 0 Å². The first-order valence-corrected chi connectivity index (χ1v) is 9.18. The van der Waals surface area contributed by atoms with Crippen molar-refractivity contribution in [1.82, 2.24) is 4.90 Å². The minimum absolute atomic E-state index is 0.125. The summed E-state index contributed by atoms with van der Waals surface area (Å²) in [7, 11) is 0. The number of likely N-dealkylation sites (tertiary alicyclic amines) is 1. The van der Waals surface area contributed by atoms with Crippen LogP contribution in [0.3, 0.4) is 0 Å². The van der Waals surface area contributed by atoms with Crippen molar-refractivity contribution in [2.45, 2.75) is 45.1 Å². The number of hydrogen-bond acceptors (Lipinski definition) is 2. The molecule has 0 bridgehead atoms. The highest BCUT2D eigenvalue weighted by Crippen LogP contribution is 2.30. The number of carbonyl (C=O) groups excluding carboxylic acids is 1. The summed E-state index contributed by atoms with van der Waals surface area (Å²) in [6, 6.07) is 15.7. The van der Waals surface area contributed by atoms with Crippen LogP contribution >= 0.6 is 0 Å². The Morgan fingerprint density at radius 3 is 2.38 bits per heavy atom.